The molecule has 0 bridgehead atoms. The first-order valence-corrected chi connectivity index (χ1v) is 5.30. The molecule has 0 fully saturated rings. The Labute approximate surface area is 101 Å². The van der Waals surface area contributed by atoms with Crippen molar-refractivity contribution in [2.45, 2.75) is 20.8 Å². The van der Waals surface area contributed by atoms with Crippen molar-refractivity contribution in [2.24, 2.45) is 10.6 Å². The van der Waals surface area contributed by atoms with Crippen LogP contribution in [-0.2, 0) is 9.63 Å². The molecule has 0 saturated heterocycles. The van der Waals surface area contributed by atoms with Crippen molar-refractivity contribution in [3.8, 4) is 11.8 Å². The average molecular weight is 229 g/mol. The van der Waals surface area contributed by atoms with Gasteiger partial charge in [0.1, 0.15) is 0 Å². The minimum atomic E-state index is -0.646. The molecular formula is C14H15NO2. The summed E-state index contributed by atoms with van der Waals surface area (Å²) in [4.78, 5) is 15.8. The molecule has 0 radical (unpaired) electrons. The lowest BCUT2D eigenvalue weighted by atomic mass is 9.98. The van der Waals surface area contributed by atoms with E-state index in [4.69, 9.17) is 0 Å². The molecule has 0 N–H and O–H groups in total. The summed E-state index contributed by atoms with van der Waals surface area (Å²) in [6.07, 6.45) is 1.47. The lowest BCUT2D eigenvalue weighted by Gasteiger charge is -2.05. The molecule has 3 heteroatoms. The van der Waals surface area contributed by atoms with Crippen molar-refractivity contribution in [3.63, 3.8) is 0 Å². The lowest BCUT2D eigenvalue weighted by Crippen LogP contribution is -2.02. The Bertz CT molecular complexity index is 458. The fraction of sp³-hybridized carbons (Fsp3) is 0.286. The quantitative estimate of drug-likeness (QED) is 0.338. The van der Waals surface area contributed by atoms with Crippen LogP contribution < -0.4 is 0 Å². The highest BCUT2D eigenvalue weighted by Gasteiger charge is 2.05. The van der Waals surface area contributed by atoms with Crippen LogP contribution in [0.1, 0.15) is 26.3 Å². The Morgan fingerprint density at radius 1 is 1.29 bits per heavy atom. The number of benzene rings is 1. The number of carbonyl (C=O) groups is 1. The largest absolute Gasteiger partial charge is 0.410 e. The molecule has 0 aliphatic heterocycles. The van der Waals surface area contributed by atoms with Crippen LogP contribution in [-0.4, -0.2) is 12.2 Å². The Morgan fingerprint density at radius 3 is 2.53 bits per heavy atom. The Kier molecular flexibility index (Phi) is 4.47. The molecule has 88 valence electrons. The van der Waals surface area contributed by atoms with Crippen molar-refractivity contribution in [1.29, 1.82) is 0 Å². The SMILES string of the molecule is CC(C)(C)C#CC(=O)O/N=C/c1ccccc1. The zero-order valence-electron chi connectivity index (χ0n) is 10.2. The van der Waals surface area contributed by atoms with Crippen LogP contribution in [0.25, 0.3) is 0 Å². The molecule has 3 nitrogen and oxygen atoms in total. The molecule has 0 aromatic heterocycles. The van der Waals surface area contributed by atoms with E-state index in [1.807, 2.05) is 51.1 Å². The molecule has 1 rings (SSSR count). The number of hydrogen-bond acceptors (Lipinski definition) is 3. The molecule has 1 aromatic rings. The summed E-state index contributed by atoms with van der Waals surface area (Å²) in [6, 6.07) is 9.37. The van der Waals surface area contributed by atoms with Gasteiger partial charge < -0.3 is 4.84 Å². The summed E-state index contributed by atoms with van der Waals surface area (Å²) >= 11 is 0. The first-order valence-electron chi connectivity index (χ1n) is 5.30. The van der Waals surface area contributed by atoms with Crippen LogP contribution in [0.15, 0.2) is 35.5 Å². The highest BCUT2D eigenvalue weighted by molar-refractivity contribution is 5.89. The van der Waals surface area contributed by atoms with Gasteiger partial charge in [0, 0.05) is 11.3 Å². The van der Waals surface area contributed by atoms with E-state index in [9.17, 15) is 4.79 Å². The van der Waals surface area contributed by atoms with E-state index >= 15 is 0 Å². The minimum Gasteiger partial charge on any atom is -0.305 e. The van der Waals surface area contributed by atoms with E-state index in [2.05, 4.69) is 21.8 Å². The molecular weight excluding hydrogens is 214 g/mol. The minimum absolute atomic E-state index is 0.220. The van der Waals surface area contributed by atoms with E-state index in [0.29, 0.717) is 0 Å². The Balaban J connectivity index is 2.49. The van der Waals surface area contributed by atoms with Crippen molar-refractivity contribution in [3.05, 3.63) is 35.9 Å². The fourth-order valence-electron chi connectivity index (χ4n) is 0.936. The van der Waals surface area contributed by atoms with E-state index in [-0.39, 0.29) is 5.41 Å². The summed E-state index contributed by atoms with van der Waals surface area (Å²) in [5.41, 5.74) is 0.645. The first-order chi connectivity index (χ1) is 7.97. The second-order valence-corrected chi connectivity index (χ2v) is 4.52. The third kappa shape index (κ3) is 6.16. The summed E-state index contributed by atoms with van der Waals surface area (Å²) in [6.45, 7) is 5.75. The second kappa shape index (κ2) is 5.86. The van der Waals surface area contributed by atoms with Gasteiger partial charge in [0.15, 0.2) is 0 Å². The molecule has 0 aliphatic rings. The second-order valence-electron chi connectivity index (χ2n) is 4.52. The molecule has 17 heavy (non-hydrogen) atoms. The number of rotatable bonds is 2. The van der Waals surface area contributed by atoms with Crippen LogP contribution in [0.5, 0.6) is 0 Å². The molecule has 0 unspecified atom stereocenters. The van der Waals surface area contributed by atoms with Gasteiger partial charge in [-0.3, -0.25) is 0 Å². The van der Waals surface area contributed by atoms with Gasteiger partial charge in [0.05, 0.1) is 6.21 Å². The van der Waals surface area contributed by atoms with Crippen LogP contribution in [0, 0.1) is 17.3 Å². The van der Waals surface area contributed by atoms with Gasteiger partial charge in [-0.15, -0.1) is 0 Å². The van der Waals surface area contributed by atoms with Gasteiger partial charge in [-0.1, -0.05) is 41.4 Å². The average Bonchev–Trinajstić information content (AvgIpc) is 2.27. The third-order valence-electron chi connectivity index (χ3n) is 1.68. The summed E-state index contributed by atoms with van der Waals surface area (Å²) in [5, 5.41) is 3.57. The molecule has 0 spiro atoms. The monoisotopic (exact) mass is 229 g/mol. The summed E-state index contributed by atoms with van der Waals surface area (Å²) < 4.78 is 0. The van der Waals surface area contributed by atoms with E-state index in [0.717, 1.165) is 5.56 Å². The van der Waals surface area contributed by atoms with Gasteiger partial charge in [0.25, 0.3) is 0 Å². The van der Waals surface area contributed by atoms with Gasteiger partial charge in [-0.25, -0.2) is 4.79 Å². The maximum absolute atomic E-state index is 11.2. The molecule has 0 saturated carbocycles. The Hall–Kier alpha value is -2.08. The molecule has 0 atom stereocenters. The normalized spacial score (nSPS) is 10.8. The van der Waals surface area contributed by atoms with Crippen LogP contribution in [0.2, 0.25) is 0 Å². The standard InChI is InChI=1S/C14H15NO2/c1-14(2,3)10-9-13(16)17-15-11-12-7-5-4-6-8-12/h4-8,11H,1-3H3/b15-11+. The van der Waals surface area contributed by atoms with Crippen molar-refractivity contribution in [2.75, 3.05) is 0 Å². The number of nitrogens with zero attached hydrogens (tertiary/aromatic N) is 1. The van der Waals surface area contributed by atoms with Crippen LogP contribution in [0.4, 0.5) is 0 Å². The smallest absolute Gasteiger partial charge is 0.305 e. The van der Waals surface area contributed by atoms with E-state index < -0.39 is 5.97 Å². The lowest BCUT2D eigenvalue weighted by molar-refractivity contribution is -0.136. The van der Waals surface area contributed by atoms with Crippen LogP contribution in [0.3, 0.4) is 0 Å². The maximum atomic E-state index is 11.2. The molecule has 0 heterocycles. The predicted octanol–water partition coefficient (Wildman–Crippen LogP) is 2.61. The molecule has 0 amide bonds. The zero-order chi connectivity index (χ0) is 12.7. The predicted molar refractivity (Wildman–Crippen MR) is 67.4 cm³/mol. The van der Waals surface area contributed by atoms with E-state index in [1.165, 1.54) is 6.21 Å². The third-order valence-corrected chi connectivity index (χ3v) is 1.68. The van der Waals surface area contributed by atoms with Gasteiger partial charge in [0.2, 0.25) is 0 Å². The number of hydrogen-bond donors (Lipinski definition) is 0. The van der Waals surface area contributed by atoms with Crippen LogP contribution >= 0.6 is 0 Å². The summed E-state index contributed by atoms with van der Waals surface area (Å²) in [5.74, 6) is 4.51. The maximum Gasteiger partial charge on any atom is 0.410 e. The first kappa shape index (κ1) is 13.0. The molecule has 1 aromatic carbocycles. The topological polar surface area (TPSA) is 38.7 Å². The van der Waals surface area contributed by atoms with E-state index in [1.54, 1.807) is 0 Å². The fourth-order valence-corrected chi connectivity index (χ4v) is 0.936. The number of carbonyl (C=O) groups excluding carboxylic acids is 1. The number of oxime groups is 1. The highest BCUT2D eigenvalue weighted by atomic mass is 16.7. The van der Waals surface area contributed by atoms with Gasteiger partial charge in [-0.2, -0.15) is 0 Å². The molecule has 0 aliphatic carbocycles. The van der Waals surface area contributed by atoms with Crippen molar-refractivity contribution in [1.82, 2.24) is 0 Å². The van der Waals surface area contributed by atoms with Crippen molar-refractivity contribution >= 4 is 12.2 Å². The van der Waals surface area contributed by atoms with Crippen molar-refractivity contribution < 1.29 is 9.63 Å². The zero-order valence-corrected chi connectivity index (χ0v) is 10.2. The van der Waals surface area contributed by atoms with Gasteiger partial charge in [-0.05, 0) is 26.3 Å². The highest BCUT2D eigenvalue weighted by Crippen LogP contribution is 2.09. The Morgan fingerprint density at radius 2 is 1.94 bits per heavy atom. The summed E-state index contributed by atoms with van der Waals surface area (Å²) in [7, 11) is 0. The van der Waals surface area contributed by atoms with Gasteiger partial charge >= 0.3 is 5.97 Å².